The normalized spacial score (nSPS) is 9.13. The van der Waals surface area contributed by atoms with Crippen LogP contribution in [-0.2, 0) is 0 Å². The zero-order chi connectivity index (χ0) is 11.7. The van der Waals surface area contributed by atoms with Crippen LogP contribution in [-0.4, -0.2) is 6.61 Å². The molecule has 0 aliphatic rings. The summed E-state index contributed by atoms with van der Waals surface area (Å²) in [4.78, 5) is 0. The van der Waals surface area contributed by atoms with Crippen molar-refractivity contribution in [3.8, 4) is 5.75 Å². The van der Waals surface area contributed by atoms with Crippen LogP contribution in [0.3, 0.4) is 0 Å². The van der Waals surface area contributed by atoms with Crippen LogP contribution in [0.25, 0.3) is 0 Å². The lowest BCUT2D eigenvalue weighted by atomic mass is 10.2. The minimum atomic E-state index is -0.178. The van der Waals surface area contributed by atoms with Crippen molar-refractivity contribution in [3.63, 3.8) is 0 Å². The average Bonchev–Trinajstić information content (AvgIpc) is 2.27. The SMILES string of the molecule is CC.CCCCOc1ccc(F)c(C)c1. The largest absolute Gasteiger partial charge is 0.494 e. The van der Waals surface area contributed by atoms with Crippen LogP contribution < -0.4 is 4.74 Å². The number of hydrogen-bond donors (Lipinski definition) is 0. The van der Waals surface area contributed by atoms with E-state index < -0.39 is 0 Å². The van der Waals surface area contributed by atoms with Crippen LogP contribution in [0.1, 0.15) is 39.2 Å². The van der Waals surface area contributed by atoms with Gasteiger partial charge in [-0.2, -0.15) is 0 Å². The second-order valence-corrected chi connectivity index (χ2v) is 3.11. The zero-order valence-corrected chi connectivity index (χ0v) is 10.1. The minimum absolute atomic E-state index is 0.178. The van der Waals surface area contributed by atoms with Crippen molar-refractivity contribution < 1.29 is 9.13 Å². The van der Waals surface area contributed by atoms with Gasteiger partial charge in [-0.3, -0.25) is 0 Å². The molecule has 1 rings (SSSR count). The van der Waals surface area contributed by atoms with Crippen LogP contribution in [0.2, 0.25) is 0 Å². The summed E-state index contributed by atoms with van der Waals surface area (Å²) in [6, 6.07) is 4.83. The molecule has 86 valence electrons. The molecule has 1 nitrogen and oxygen atoms in total. The summed E-state index contributed by atoms with van der Waals surface area (Å²) in [6.07, 6.45) is 2.15. The van der Waals surface area contributed by atoms with Gasteiger partial charge in [0.1, 0.15) is 11.6 Å². The third-order valence-corrected chi connectivity index (χ3v) is 1.90. The first kappa shape index (κ1) is 13.9. The lowest BCUT2D eigenvalue weighted by molar-refractivity contribution is 0.308. The first-order valence-electron chi connectivity index (χ1n) is 5.63. The molecule has 0 atom stereocenters. The van der Waals surface area contributed by atoms with Crippen molar-refractivity contribution >= 4 is 0 Å². The number of hydrogen-bond acceptors (Lipinski definition) is 1. The van der Waals surface area contributed by atoms with Crippen LogP contribution in [0.5, 0.6) is 5.75 Å². The van der Waals surface area contributed by atoms with E-state index in [2.05, 4.69) is 6.92 Å². The van der Waals surface area contributed by atoms with E-state index in [-0.39, 0.29) is 5.82 Å². The van der Waals surface area contributed by atoms with E-state index in [0.717, 1.165) is 18.6 Å². The van der Waals surface area contributed by atoms with Crippen molar-refractivity contribution in [2.24, 2.45) is 0 Å². The number of benzene rings is 1. The molecule has 15 heavy (non-hydrogen) atoms. The second-order valence-electron chi connectivity index (χ2n) is 3.11. The first-order valence-corrected chi connectivity index (χ1v) is 5.63. The van der Waals surface area contributed by atoms with Crippen molar-refractivity contribution in [2.75, 3.05) is 6.61 Å². The number of ether oxygens (including phenoxy) is 1. The highest BCUT2D eigenvalue weighted by molar-refractivity contribution is 5.28. The van der Waals surface area contributed by atoms with Crippen LogP contribution in [0.4, 0.5) is 4.39 Å². The molecule has 0 aliphatic carbocycles. The molecule has 1 aromatic rings. The summed E-state index contributed by atoms with van der Waals surface area (Å²) >= 11 is 0. The Bertz CT molecular complexity index is 271. The van der Waals surface area contributed by atoms with Crippen molar-refractivity contribution in [1.29, 1.82) is 0 Å². The van der Waals surface area contributed by atoms with Crippen LogP contribution >= 0.6 is 0 Å². The Morgan fingerprint density at radius 2 is 1.93 bits per heavy atom. The predicted molar refractivity (Wildman–Crippen MR) is 62.9 cm³/mol. The third-order valence-electron chi connectivity index (χ3n) is 1.90. The molecule has 0 saturated heterocycles. The molecular formula is C13H21FO. The summed E-state index contributed by atoms with van der Waals surface area (Å²) in [5.41, 5.74) is 0.633. The van der Waals surface area contributed by atoms with Gasteiger partial charge in [0, 0.05) is 0 Å². The van der Waals surface area contributed by atoms with E-state index in [1.807, 2.05) is 13.8 Å². The average molecular weight is 212 g/mol. The van der Waals surface area contributed by atoms with Gasteiger partial charge in [0.15, 0.2) is 0 Å². The number of unbranched alkanes of at least 4 members (excludes halogenated alkanes) is 1. The smallest absolute Gasteiger partial charge is 0.126 e. The Labute approximate surface area is 92.3 Å². The van der Waals surface area contributed by atoms with E-state index in [1.54, 1.807) is 19.1 Å². The van der Waals surface area contributed by atoms with Gasteiger partial charge in [0.2, 0.25) is 0 Å². The fourth-order valence-electron chi connectivity index (χ4n) is 1.04. The summed E-state index contributed by atoms with van der Waals surface area (Å²) in [5, 5.41) is 0. The molecule has 0 heterocycles. The van der Waals surface area contributed by atoms with Crippen molar-refractivity contribution in [1.82, 2.24) is 0 Å². The minimum Gasteiger partial charge on any atom is -0.494 e. The van der Waals surface area contributed by atoms with Gasteiger partial charge in [-0.05, 0) is 37.1 Å². The maximum absolute atomic E-state index is 12.8. The summed E-state index contributed by atoms with van der Waals surface area (Å²) in [6.45, 7) is 8.56. The van der Waals surface area contributed by atoms with Gasteiger partial charge in [-0.15, -0.1) is 0 Å². The van der Waals surface area contributed by atoms with Crippen molar-refractivity contribution in [3.05, 3.63) is 29.6 Å². The second kappa shape index (κ2) is 8.27. The lowest BCUT2D eigenvalue weighted by Crippen LogP contribution is -1.96. The Kier molecular flexibility index (Phi) is 7.69. The molecule has 0 N–H and O–H groups in total. The number of halogens is 1. The summed E-state index contributed by atoms with van der Waals surface area (Å²) in [5.74, 6) is 0.579. The van der Waals surface area contributed by atoms with Gasteiger partial charge in [0.05, 0.1) is 6.61 Å². The fourth-order valence-corrected chi connectivity index (χ4v) is 1.04. The maximum Gasteiger partial charge on any atom is 0.126 e. The molecule has 0 unspecified atom stereocenters. The highest BCUT2D eigenvalue weighted by Gasteiger charge is 1.98. The number of aryl methyl sites for hydroxylation is 1. The molecule has 0 amide bonds. The standard InChI is InChI=1S/C11H15FO.C2H6/c1-3-4-7-13-10-5-6-11(12)9(2)8-10;1-2/h5-6,8H,3-4,7H2,1-2H3;1-2H3. The topological polar surface area (TPSA) is 9.23 Å². The highest BCUT2D eigenvalue weighted by atomic mass is 19.1. The van der Waals surface area contributed by atoms with Crippen LogP contribution in [0.15, 0.2) is 18.2 Å². The van der Waals surface area contributed by atoms with E-state index in [4.69, 9.17) is 4.74 Å². The maximum atomic E-state index is 12.8. The van der Waals surface area contributed by atoms with E-state index in [0.29, 0.717) is 12.2 Å². The molecule has 0 fully saturated rings. The predicted octanol–water partition coefficient (Wildman–Crippen LogP) is 4.34. The monoisotopic (exact) mass is 212 g/mol. The quantitative estimate of drug-likeness (QED) is 0.675. The Hall–Kier alpha value is -1.05. The molecule has 0 spiro atoms. The fraction of sp³-hybridized carbons (Fsp3) is 0.538. The Balaban J connectivity index is 0.000000921. The van der Waals surface area contributed by atoms with Gasteiger partial charge >= 0.3 is 0 Å². The Morgan fingerprint density at radius 1 is 1.27 bits per heavy atom. The van der Waals surface area contributed by atoms with Gasteiger partial charge in [-0.1, -0.05) is 27.2 Å². The van der Waals surface area contributed by atoms with Gasteiger partial charge in [0.25, 0.3) is 0 Å². The zero-order valence-electron chi connectivity index (χ0n) is 10.1. The van der Waals surface area contributed by atoms with E-state index in [1.165, 1.54) is 6.07 Å². The highest BCUT2D eigenvalue weighted by Crippen LogP contribution is 2.15. The molecule has 2 heteroatoms. The summed E-state index contributed by atoms with van der Waals surface area (Å²) < 4.78 is 18.2. The summed E-state index contributed by atoms with van der Waals surface area (Å²) in [7, 11) is 0. The number of rotatable bonds is 4. The molecule has 0 aromatic heterocycles. The lowest BCUT2D eigenvalue weighted by Gasteiger charge is -2.05. The molecule has 0 saturated carbocycles. The third kappa shape index (κ3) is 5.40. The molecule has 0 radical (unpaired) electrons. The molecular weight excluding hydrogens is 191 g/mol. The van der Waals surface area contributed by atoms with E-state index in [9.17, 15) is 4.39 Å². The van der Waals surface area contributed by atoms with E-state index >= 15 is 0 Å². The first-order chi connectivity index (χ1) is 7.24. The van der Waals surface area contributed by atoms with Crippen molar-refractivity contribution in [2.45, 2.75) is 40.5 Å². The van der Waals surface area contributed by atoms with Crippen LogP contribution in [0, 0.1) is 12.7 Å². The Morgan fingerprint density at radius 3 is 2.47 bits per heavy atom. The molecule has 1 aromatic carbocycles. The van der Waals surface area contributed by atoms with Gasteiger partial charge in [-0.25, -0.2) is 4.39 Å². The molecule has 0 bridgehead atoms. The molecule has 0 aliphatic heterocycles. The van der Waals surface area contributed by atoms with Gasteiger partial charge < -0.3 is 4.74 Å².